The lowest BCUT2D eigenvalue weighted by atomic mass is 10.1. The Kier molecular flexibility index (Phi) is 3.79. The van der Waals surface area contributed by atoms with Gasteiger partial charge in [0.2, 0.25) is 5.95 Å². The summed E-state index contributed by atoms with van der Waals surface area (Å²) >= 11 is 1.63. The van der Waals surface area contributed by atoms with E-state index in [1.54, 1.807) is 18.0 Å². The third-order valence-corrected chi connectivity index (χ3v) is 4.30. The van der Waals surface area contributed by atoms with Crippen LogP contribution in [-0.4, -0.2) is 26.7 Å². The maximum absolute atomic E-state index is 4.59. The molecule has 2 heterocycles. The highest BCUT2D eigenvalue weighted by Crippen LogP contribution is 2.32. The Morgan fingerprint density at radius 3 is 2.81 bits per heavy atom. The molecule has 0 atom stereocenters. The molecule has 21 heavy (non-hydrogen) atoms. The molecular weight excluding hydrogens is 282 g/mol. The molecule has 0 spiro atoms. The molecule has 0 bridgehead atoms. The Hall–Kier alpha value is -2.08. The van der Waals surface area contributed by atoms with E-state index in [1.165, 1.54) is 16.0 Å². The number of H-pyrrole nitrogens is 1. The fraction of sp³-hybridized carbons (Fsp3) is 0.267. The number of aromatic amines is 1. The van der Waals surface area contributed by atoms with E-state index in [0.29, 0.717) is 5.95 Å². The zero-order chi connectivity index (χ0) is 14.8. The van der Waals surface area contributed by atoms with Crippen LogP contribution in [0.1, 0.15) is 18.1 Å². The number of aryl methyl sites for hydroxylation is 2. The highest BCUT2D eigenvalue weighted by molar-refractivity contribution is 7.99. The van der Waals surface area contributed by atoms with Crippen LogP contribution in [0.25, 0.3) is 11.0 Å². The van der Waals surface area contributed by atoms with Crippen LogP contribution in [0.5, 0.6) is 0 Å². The van der Waals surface area contributed by atoms with Crippen molar-refractivity contribution in [3.05, 3.63) is 35.5 Å². The van der Waals surface area contributed by atoms with Crippen molar-refractivity contribution in [2.45, 2.75) is 30.7 Å². The van der Waals surface area contributed by atoms with Gasteiger partial charge in [0, 0.05) is 11.4 Å². The minimum absolute atomic E-state index is 0.626. The molecule has 3 aromatic rings. The van der Waals surface area contributed by atoms with Crippen LogP contribution < -0.4 is 5.32 Å². The fourth-order valence-electron chi connectivity index (χ4n) is 2.01. The van der Waals surface area contributed by atoms with E-state index in [1.807, 2.05) is 6.92 Å². The minimum Gasteiger partial charge on any atom is -0.354 e. The molecule has 2 N–H and O–H groups in total. The summed E-state index contributed by atoms with van der Waals surface area (Å²) < 4.78 is 0. The molecule has 0 radical (unpaired) electrons. The molecule has 0 unspecified atom stereocenters. The van der Waals surface area contributed by atoms with Gasteiger partial charge < -0.3 is 5.32 Å². The topological polar surface area (TPSA) is 66.5 Å². The van der Waals surface area contributed by atoms with Crippen molar-refractivity contribution in [2.75, 3.05) is 11.9 Å². The zero-order valence-corrected chi connectivity index (χ0v) is 13.1. The van der Waals surface area contributed by atoms with E-state index in [2.05, 4.69) is 57.5 Å². The van der Waals surface area contributed by atoms with Gasteiger partial charge >= 0.3 is 0 Å². The first-order chi connectivity index (χ1) is 10.2. The van der Waals surface area contributed by atoms with Gasteiger partial charge in [0.1, 0.15) is 5.03 Å². The molecular formula is C15H17N5S. The summed E-state index contributed by atoms with van der Waals surface area (Å²) in [5, 5.41) is 12.0. The van der Waals surface area contributed by atoms with E-state index < -0.39 is 0 Å². The molecule has 0 saturated heterocycles. The van der Waals surface area contributed by atoms with Gasteiger partial charge in [-0.05, 0) is 44.0 Å². The summed E-state index contributed by atoms with van der Waals surface area (Å²) in [5.41, 5.74) is 3.33. The van der Waals surface area contributed by atoms with Gasteiger partial charge in [-0.2, -0.15) is 10.1 Å². The molecule has 2 aromatic heterocycles. The highest BCUT2D eigenvalue weighted by Gasteiger charge is 2.11. The Balaban J connectivity index is 2.01. The van der Waals surface area contributed by atoms with E-state index in [9.17, 15) is 0 Å². The average molecular weight is 299 g/mol. The molecule has 1 aromatic carbocycles. The Morgan fingerprint density at radius 2 is 2.05 bits per heavy atom. The number of benzene rings is 1. The SMILES string of the molecule is CCNc1nc(Sc2ccc(C)c(C)c2)c2cn[nH]c2n1. The smallest absolute Gasteiger partial charge is 0.225 e. The number of nitrogens with one attached hydrogen (secondary N) is 2. The number of fused-ring (bicyclic) bond motifs is 1. The zero-order valence-electron chi connectivity index (χ0n) is 12.3. The van der Waals surface area contributed by atoms with Crippen LogP contribution in [-0.2, 0) is 0 Å². The van der Waals surface area contributed by atoms with Crippen LogP contribution in [0.15, 0.2) is 34.3 Å². The number of rotatable bonds is 4. The summed E-state index contributed by atoms with van der Waals surface area (Å²) in [6, 6.07) is 6.44. The largest absolute Gasteiger partial charge is 0.354 e. The van der Waals surface area contributed by atoms with Crippen molar-refractivity contribution < 1.29 is 0 Å². The van der Waals surface area contributed by atoms with Crippen LogP contribution in [0.3, 0.4) is 0 Å². The minimum atomic E-state index is 0.626. The third kappa shape index (κ3) is 2.85. The summed E-state index contributed by atoms with van der Waals surface area (Å²) in [5.74, 6) is 0.626. The van der Waals surface area contributed by atoms with Crippen molar-refractivity contribution in [3.63, 3.8) is 0 Å². The molecule has 5 nitrogen and oxygen atoms in total. The van der Waals surface area contributed by atoms with Crippen LogP contribution in [0.2, 0.25) is 0 Å². The normalized spacial score (nSPS) is 11.0. The standard InChI is InChI=1S/C15H17N5S/c1-4-16-15-18-13-12(8-17-20-13)14(19-15)21-11-6-5-9(2)10(3)7-11/h5-8H,4H2,1-3H3,(H2,16,17,18,19,20). The van der Waals surface area contributed by atoms with Gasteiger partial charge in [0.15, 0.2) is 5.65 Å². The summed E-state index contributed by atoms with van der Waals surface area (Å²) in [6.45, 7) is 7.05. The van der Waals surface area contributed by atoms with E-state index in [4.69, 9.17) is 0 Å². The molecule has 3 rings (SSSR count). The lowest BCUT2D eigenvalue weighted by Gasteiger charge is -2.07. The van der Waals surface area contributed by atoms with Gasteiger partial charge in [0.25, 0.3) is 0 Å². The fourth-order valence-corrected chi connectivity index (χ4v) is 3.00. The maximum atomic E-state index is 4.59. The molecule has 0 fully saturated rings. The van der Waals surface area contributed by atoms with E-state index >= 15 is 0 Å². The van der Waals surface area contributed by atoms with E-state index in [0.717, 1.165) is 22.6 Å². The summed E-state index contributed by atoms with van der Waals surface area (Å²) in [6.07, 6.45) is 1.77. The van der Waals surface area contributed by atoms with Crippen LogP contribution in [0.4, 0.5) is 5.95 Å². The van der Waals surface area contributed by atoms with Gasteiger partial charge in [-0.15, -0.1) is 0 Å². The van der Waals surface area contributed by atoms with Crippen LogP contribution >= 0.6 is 11.8 Å². The summed E-state index contributed by atoms with van der Waals surface area (Å²) in [7, 11) is 0. The first-order valence-corrected chi connectivity index (χ1v) is 7.69. The molecule has 0 amide bonds. The van der Waals surface area contributed by atoms with Crippen molar-refractivity contribution in [1.82, 2.24) is 20.2 Å². The first kappa shape index (κ1) is 13.9. The van der Waals surface area contributed by atoms with Crippen molar-refractivity contribution in [2.24, 2.45) is 0 Å². The monoisotopic (exact) mass is 299 g/mol. The molecule has 0 aliphatic rings. The van der Waals surface area contributed by atoms with Crippen molar-refractivity contribution in [1.29, 1.82) is 0 Å². The second kappa shape index (κ2) is 5.73. The number of hydrogen-bond acceptors (Lipinski definition) is 5. The third-order valence-electron chi connectivity index (χ3n) is 3.30. The van der Waals surface area contributed by atoms with Crippen LogP contribution in [0, 0.1) is 13.8 Å². The van der Waals surface area contributed by atoms with Crippen molar-refractivity contribution in [3.8, 4) is 0 Å². The molecule has 6 heteroatoms. The molecule has 108 valence electrons. The highest BCUT2D eigenvalue weighted by atomic mass is 32.2. The molecule has 0 aliphatic carbocycles. The van der Waals surface area contributed by atoms with Gasteiger partial charge in [-0.3, -0.25) is 5.10 Å². The maximum Gasteiger partial charge on any atom is 0.225 e. The lowest BCUT2D eigenvalue weighted by molar-refractivity contribution is 1.04. The van der Waals surface area contributed by atoms with Gasteiger partial charge in [-0.25, -0.2) is 4.98 Å². The van der Waals surface area contributed by atoms with Crippen molar-refractivity contribution >= 4 is 28.7 Å². The second-order valence-electron chi connectivity index (χ2n) is 4.86. The van der Waals surface area contributed by atoms with Gasteiger partial charge in [-0.1, -0.05) is 17.8 Å². The molecule has 0 saturated carbocycles. The average Bonchev–Trinajstić information content (AvgIpc) is 2.92. The van der Waals surface area contributed by atoms with E-state index in [-0.39, 0.29) is 0 Å². The first-order valence-electron chi connectivity index (χ1n) is 6.87. The predicted octanol–water partition coefficient (Wildman–Crippen LogP) is 3.55. The number of aromatic nitrogens is 4. The molecule has 0 aliphatic heterocycles. The second-order valence-corrected chi connectivity index (χ2v) is 5.93. The summed E-state index contributed by atoms with van der Waals surface area (Å²) in [4.78, 5) is 10.2. The number of anilines is 1. The van der Waals surface area contributed by atoms with Gasteiger partial charge in [0.05, 0.1) is 11.6 Å². The Labute approximate surface area is 127 Å². The number of hydrogen-bond donors (Lipinski definition) is 2. The Morgan fingerprint density at radius 1 is 1.19 bits per heavy atom. The predicted molar refractivity (Wildman–Crippen MR) is 85.9 cm³/mol. The lowest BCUT2D eigenvalue weighted by Crippen LogP contribution is -2.02. The number of nitrogens with zero attached hydrogens (tertiary/aromatic N) is 3. The Bertz CT molecular complexity index is 781. The quantitative estimate of drug-likeness (QED) is 0.721.